The van der Waals surface area contributed by atoms with E-state index >= 15 is 0 Å². The highest BCUT2D eigenvalue weighted by molar-refractivity contribution is 6.35. The van der Waals surface area contributed by atoms with E-state index in [9.17, 15) is 4.79 Å². The second kappa shape index (κ2) is 9.86. The molecule has 1 rings (SSSR count). The van der Waals surface area contributed by atoms with Gasteiger partial charge in [0.1, 0.15) is 0 Å². The summed E-state index contributed by atoms with van der Waals surface area (Å²) in [6.07, 6.45) is 7.89. The van der Waals surface area contributed by atoms with Crippen molar-refractivity contribution in [2.75, 3.05) is 6.54 Å². The first-order chi connectivity index (χ1) is 10.1. The van der Waals surface area contributed by atoms with Gasteiger partial charge in [0, 0.05) is 22.7 Å². The van der Waals surface area contributed by atoms with E-state index in [0.717, 1.165) is 18.5 Å². The normalized spacial score (nSPS) is 12.6. The molecular formula is C17H23Cl2NO. The molecular weight excluding hydrogens is 305 g/mol. The van der Waals surface area contributed by atoms with Crippen LogP contribution in [-0.2, 0) is 4.79 Å². The Labute approximate surface area is 137 Å². The van der Waals surface area contributed by atoms with E-state index in [1.54, 1.807) is 24.3 Å². The van der Waals surface area contributed by atoms with Crippen molar-refractivity contribution < 1.29 is 4.79 Å². The average Bonchev–Trinajstić information content (AvgIpc) is 2.46. The third kappa shape index (κ3) is 7.01. The second-order valence-corrected chi connectivity index (χ2v) is 6.00. The monoisotopic (exact) mass is 327 g/mol. The maximum Gasteiger partial charge on any atom is 0.244 e. The first-order valence-corrected chi connectivity index (χ1v) is 8.23. The van der Waals surface area contributed by atoms with Gasteiger partial charge in [0.15, 0.2) is 0 Å². The largest absolute Gasteiger partial charge is 0.352 e. The Morgan fingerprint density at radius 2 is 2.10 bits per heavy atom. The molecule has 1 N–H and O–H groups in total. The second-order valence-electron chi connectivity index (χ2n) is 5.16. The Hall–Kier alpha value is -0.990. The van der Waals surface area contributed by atoms with Crippen molar-refractivity contribution >= 4 is 35.2 Å². The molecule has 0 aliphatic heterocycles. The molecule has 1 aromatic carbocycles. The lowest BCUT2D eigenvalue weighted by molar-refractivity contribution is -0.116. The van der Waals surface area contributed by atoms with Gasteiger partial charge in [-0.15, -0.1) is 0 Å². The molecule has 0 aliphatic rings. The van der Waals surface area contributed by atoms with E-state index in [1.165, 1.54) is 25.3 Å². The maximum absolute atomic E-state index is 11.8. The van der Waals surface area contributed by atoms with Crippen molar-refractivity contribution in [2.45, 2.75) is 39.5 Å². The molecule has 21 heavy (non-hydrogen) atoms. The van der Waals surface area contributed by atoms with Gasteiger partial charge in [-0.3, -0.25) is 4.79 Å². The van der Waals surface area contributed by atoms with Gasteiger partial charge in [-0.25, -0.2) is 0 Å². The summed E-state index contributed by atoms with van der Waals surface area (Å²) in [5, 5.41) is 4.08. The Morgan fingerprint density at radius 1 is 1.33 bits per heavy atom. The molecule has 0 saturated heterocycles. The van der Waals surface area contributed by atoms with Gasteiger partial charge in [-0.2, -0.15) is 0 Å². The smallest absolute Gasteiger partial charge is 0.244 e. The molecule has 0 saturated carbocycles. The van der Waals surface area contributed by atoms with Crippen molar-refractivity contribution in [2.24, 2.45) is 5.92 Å². The molecule has 116 valence electrons. The number of amides is 1. The van der Waals surface area contributed by atoms with Crippen molar-refractivity contribution in [3.63, 3.8) is 0 Å². The van der Waals surface area contributed by atoms with Gasteiger partial charge < -0.3 is 5.32 Å². The van der Waals surface area contributed by atoms with E-state index in [2.05, 4.69) is 19.2 Å². The van der Waals surface area contributed by atoms with Crippen LogP contribution in [-0.4, -0.2) is 12.5 Å². The number of rotatable bonds is 8. The summed E-state index contributed by atoms with van der Waals surface area (Å²) in [6, 6.07) is 5.21. The zero-order valence-corrected chi connectivity index (χ0v) is 14.2. The predicted molar refractivity (Wildman–Crippen MR) is 91.8 cm³/mol. The van der Waals surface area contributed by atoms with Crippen LogP contribution >= 0.6 is 23.2 Å². The summed E-state index contributed by atoms with van der Waals surface area (Å²) in [4.78, 5) is 11.8. The SMILES string of the molecule is CCCC[C@H](CC)CNC(=O)/C=C/c1ccc(Cl)cc1Cl. The number of nitrogens with one attached hydrogen (secondary N) is 1. The molecule has 0 aliphatic carbocycles. The predicted octanol–water partition coefficient (Wildman–Crippen LogP) is 5.34. The van der Waals surface area contributed by atoms with Gasteiger partial charge in [-0.1, -0.05) is 62.4 Å². The van der Waals surface area contributed by atoms with Crippen molar-refractivity contribution in [1.82, 2.24) is 5.32 Å². The number of unbranched alkanes of at least 4 members (excludes halogenated alkanes) is 1. The van der Waals surface area contributed by atoms with Crippen molar-refractivity contribution in [3.8, 4) is 0 Å². The Kier molecular flexibility index (Phi) is 8.48. The highest BCUT2D eigenvalue weighted by Crippen LogP contribution is 2.21. The summed E-state index contributed by atoms with van der Waals surface area (Å²) >= 11 is 11.9. The summed E-state index contributed by atoms with van der Waals surface area (Å²) in [5.74, 6) is 0.470. The van der Waals surface area contributed by atoms with Crippen LogP contribution < -0.4 is 5.32 Å². The highest BCUT2D eigenvalue weighted by Gasteiger charge is 2.06. The number of hydrogen-bond donors (Lipinski definition) is 1. The molecule has 1 amide bonds. The maximum atomic E-state index is 11.8. The summed E-state index contributed by atoms with van der Waals surface area (Å²) < 4.78 is 0. The number of benzene rings is 1. The third-order valence-corrected chi connectivity index (χ3v) is 4.05. The van der Waals surface area contributed by atoms with E-state index in [1.807, 2.05) is 0 Å². The van der Waals surface area contributed by atoms with Crippen molar-refractivity contribution in [3.05, 3.63) is 39.9 Å². The molecule has 2 nitrogen and oxygen atoms in total. The number of halogens is 2. The minimum absolute atomic E-state index is 0.0871. The topological polar surface area (TPSA) is 29.1 Å². The zero-order chi connectivity index (χ0) is 15.7. The lowest BCUT2D eigenvalue weighted by Crippen LogP contribution is -2.27. The lowest BCUT2D eigenvalue weighted by atomic mass is 9.99. The highest BCUT2D eigenvalue weighted by atomic mass is 35.5. The van der Waals surface area contributed by atoms with Crippen LogP contribution in [0.5, 0.6) is 0 Å². The molecule has 1 atom stereocenters. The summed E-state index contributed by atoms with van der Waals surface area (Å²) in [5.41, 5.74) is 0.786. The average molecular weight is 328 g/mol. The van der Waals surface area contributed by atoms with Gasteiger partial charge >= 0.3 is 0 Å². The molecule has 0 spiro atoms. The Morgan fingerprint density at radius 3 is 2.71 bits per heavy atom. The van der Waals surface area contributed by atoms with Gasteiger partial charge in [0.05, 0.1) is 0 Å². The van der Waals surface area contributed by atoms with E-state index in [4.69, 9.17) is 23.2 Å². The molecule has 0 aromatic heterocycles. The fourth-order valence-electron chi connectivity index (χ4n) is 2.05. The van der Waals surface area contributed by atoms with Crippen LogP contribution in [0.2, 0.25) is 10.0 Å². The standard InChI is InChI=1S/C17H23Cl2NO/c1-3-5-6-13(4-2)12-20-17(21)10-8-14-7-9-15(18)11-16(14)19/h7-11,13H,3-6,12H2,1-2H3,(H,20,21)/b10-8+/t13-/m0/s1. The van der Waals surface area contributed by atoms with Crippen LogP contribution in [0.4, 0.5) is 0 Å². The molecule has 0 heterocycles. The van der Waals surface area contributed by atoms with Gasteiger partial charge in [0.2, 0.25) is 5.91 Å². The van der Waals surface area contributed by atoms with Crippen LogP contribution in [0.3, 0.4) is 0 Å². The fraction of sp³-hybridized carbons (Fsp3) is 0.471. The quantitative estimate of drug-likeness (QED) is 0.641. The van der Waals surface area contributed by atoms with Crippen LogP contribution in [0.15, 0.2) is 24.3 Å². The zero-order valence-electron chi connectivity index (χ0n) is 12.7. The lowest BCUT2D eigenvalue weighted by Gasteiger charge is -2.14. The number of carbonyl (C=O) groups is 1. The Balaban J connectivity index is 2.47. The third-order valence-electron chi connectivity index (χ3n) is 3.49. The number of carbonyl (C=O) groups excluding carboxylic acids is 1. The Bertz CT molecular complexity index is 486. The van der Waals surface area contributed by atoms with Crippen LogP contribution in [0.1, 0.15) is 45.1 Å². The van der Waals surface area contributed by atoms with E-state index < -0.39 is 0 Å². The molecule has 0 fully saturated rings. The molecule has 0 radical (unpaired) electrons. The fourth-order valence-corrected chi connectivity index (χ4v) is 2.52. The summed E-state index contributed by atoms with van der Waals surface area (Å²) in [7, 11) is 0. The molecule has 0 bridgehead atoms. The molecule has 1 aromatic rings. The van der Waals surface area contributed by atoms with Crippen LogP contribution in [0, 0.1) is 5.92 Å². The molecule has 4 heteroatoms. The minimum Gasteiger partial charge on any atom is -0.352 e. The van der Waals surface area contributed by atoms with Crippen LogP contribution in [0.25, 0.3) is 6.08 Å². The van der Waals surface area contributed by atoms with Gasteiger partial charge in [0.25, 0.3) is 0 Å². The van der Waals surface area contributed by atoms with Crippen molar-refractivity contribution in [1.29, 1.82) is 0 Å². The van der Waals surface area contributed by atoms with E-state index in [0.29, 0.717) is 16.0 Å². The first kappa shape index (κ1) is 18.1. The first-order valence-electron chi connectivity index (χ1n) is 7.47. The minimum atomic E-state index is -0.0871. The van der Waals surface area contributed by atoms with E-state index in [-0.39, 0.29) is 5.91 Å². The summed E-state index contributed by atoms with van der Waals surface area (Å²) in [6.45, 7) is 5.08. The number of hydrogen-bond acceptors (Lipinski definition) is 1. The molecule has 0 unspecified atom stereocenters. The van der Waals surface area contributed by atoms with Gasteiger partial charge in [-0.05, 0) is 36.1 Å².